The van der Waals surface area contributed by atoms with Gasteiger partial charge >= 0.3 is 0 Å². The first kappa shape index (κ1) is 9.69. The SMILES string of the molecule is O[C@]1(c2ccccc2)CCCCNC1. The van der Waals surface area contributed by atoms with Gasteiger partial charge < -0.3 is 10.4 Å². The van der Waals surface area contributed by atoms with Gasteiger partial charge in [0.1, 0.15) is 5.60 Å². The maximum absolute atomic E-state index is 10.5. The van der Waals surface area contributed by atoms with E-state index in [1.165, 1.54) is 0 Å². The summed E-state index contributed by atoms with van der Waals surface area (Å²) in [6, 6.07) is 9.97. The van der Waals surface area contributed by atoms with Crippen LogP contribution in [0.2, 0.25) is 0 Å². The lowest BCUT2D eigenvalue weighted by Gasteiger charge is -2.27. The molecule has 0 unspecified atom stereocenters. The Morgan fingerprint density at radius 2 is 1.93 bits per heavy atom. The Kier molecular flexibility index (Phi) is 2.85. The molecule has 1 aliphatic heterocycles. The molecule has 2 heteroatoms. The summed E-state index contributed by atoms with van der Waals surface area (Å²) in [7, 11) is 0. The van der Waals surface area contributed by atoms with Gasteiger partial charge in [-0.05, 0) is 31.4 Å². The van der Waals surface area contributed by atoms with Crippen molar-refractivity contribution in [3.8, 4) is 0 Å². The smallest absolute Gasteiger partial charge is 0.102 e. The zero-order valence-electron chi connectivity index (χ0n) is 8.37. The number of hydrogen-bond donors (Lipinski definition) is 2. The van der Waals surface area contributed by atoms with Crippen LogP contribution in [-0.2, 0) is 5.60 Å². The van der Waals surface area contributed by atoms with Crippen LogP contribution in [0.1, 0.15) is 24.8 Å². The maximum Gasteiger partial charge on any atom is 0.102 e. The molecule has 14 heavy (non-hydrogen) atoms. The summed E-state index contributed by atoms with van der Waals surface area (Å²) in [4.78, 5) is 0. The molecule has 0 bridgehead atoms. The van der Waals surface area contributed by atoms with Crippen LogP contribution in [0.5, 0.6) is 0 Å². The molecule has 2 nitrogen and oxygen atoms in total. The van der Waals surface area contributed by atoms with Crippen molar-refractivity contribution in [3.63, 3.8) is 0 Å². The molecule has 76 valence electrons. The molecular weight excluding hydrogens is 174 g/mol. The van der Waals surface area contributed by atoms with Crippen molar-refractivity contribution >= 4 is 0 Å². The lowest BCUT2D eigenvalue weighted by atomic mass is 9.89. The van der Waals surface area contributed by atoms with Gasteiger partial charge in [-0.3, -0.25) is 0 Å². The molecule has 0 saturated carbocycles. The van der Waals surface area contributed by atoms with E-state index in [0.29, 0.717) is 6.54 Å². The molecule has 1 atom stereocenters. The molecule has 1 aliphatic rings. The third kappa shape index (κ3) is 1.97. The van der Waals surface area contributed by atoms with Gasteiger partial charge in [0.15, 0.2) is 0 Å². The van der Waals surface area contributed by atoms with E-state index in [2.05, 4.69) is 5.32 Å². The van der Waals surface area contributed by atoms with Crippen molar-refractivity contribution in [2.75, 3.05) is 13.1 Å². The number of aliphatic hydroxyl groups is 1. The predicted octanol–water partition coefficient (Wildman–Crippen LogP) is 1.65. The largest absolute Gasteiger partial charge is 0.384 e. The first-order valence-electron chi connectivity index (χ1n) is 5.30. The summed E-state index contributed by atoms with van der Waals surface area (Å²) >= 11 is 0. The summed E-state index contributed by atoms with van der Waals surface area (Å²) in [5.74, 6) is 0. The van der Waals surface area contributed by atoms with Gasteiger partial charge in [-0.15, -0.1) is 0 Å². The Morgan fingerprint density at radius 3 is 2.71 bits per heavy atom. The second-order valence-electron chi connectivity index (χ2n) is 4.03. The van der Waals surface area contributed by atoms with E-state index in [9.17, 15) is 5.11 Å². The fourth-order valence-electron chi connectivity index (χ4n) is 2.05. The highest BCUT2D eigenvalue weighted by atomic mass is 16.3. The molecule has 1 aromatic carbocycles. The highest BCUT2D eigenvalue weighted by Crippen LogP contribution is 2.27. The van der Waals surface area contributed by atoms with Crippen LogP contribution >= 0.6 is 0 Å². The van der Waals surface area contributed by atoms with Gasteiger partial charge in [0.2, 0.25) is 0 Å². The van der Waals surface area contributed by atoms with Crippen LogP contribution in [0.3, 0.4) is 0 Å². The predicted molar refractivity (Wildman–Crippen MR) is 57.1 cm³/mol. The number of rotatable bonds is 1. The molecule has 0 spiro atoms. The van der Waals surface area contributed by atoms with Crippen LogP contribution in [0.15, 0.2) is 30.3 Å². The zero-order chi connectivity index (χ0) is 9.86. The van der Waals surface area contributed by atoms with Crippen LogP contribution in [0, 0.1) is 0 Å². The summed E-state index contributed by atoms with van der Waals surface area (Å²) in [5.41, 5.74) is 0.381. The molecule has 2 N–H and O–H groups in total. The second-order valence-corrected chi connectivity index (χ2v) is 4.03. The minimum Gasteiger partial charge on any atom is -0.384 e. The first-order valence-corrected chi connectivity index (χ1v) is 5.30. The quantitative estimate of drug-likeness (QED) is 0.707. The van der Waals surface area contributed by atoms with Gasteiger partial charge in [-0.1, -0.05) is 30.3 Å². The first-order chi connectivity index (χ1) is 6.81. The zero-order valence-corrected chi connectivity index (χ0v) is 8.37. The number of benzene rings is 1. The van der Waals surface area contributed by atoms with Crippen molar-refractivity contribution in [1.82, 2.24) is 5.32 Å². The Labute approximate surface area is 85.0 Å². The fraction of sp³-hybridized carbons (Fsp3) is 0.500. The highest BCUT2D eigenvalue weighted by molar-refractivity contribution is 5.22. The van der Waals surface area contributed by atoms with Crippen LogP contribution in [0.25, 0.3) is 0 Å². The minimum absolute atomic E-state index is 0.655. The molecule has 0 radical (unpaired) electrons. The highest BCUT2D eigenvalue weighted by Gasteiger charge is 2.29. The topological polar surface area (TPSA) is 32.3 Å². The van der Waals surface area contributed by atoms with Crippen LogP contribution < -0.4 is 5.32 Å². The molecular formula is C12H17NO. The lowest BCUT2D eigenvalue weighted by Crippen LogP contribution is -2.36. The van der Waals surface area contributed by atoms with Crippen LogP contribution in [0.4, 0.5) is 0 Å². The van der Waals surface area contributed by atoms with Crippen molar-refractivity contribution < 1.29 is 5.11 Å². The average Bonchev–Trinajstić information content (AvgIpc) is 2.46. The van der Waals surface area contributed by atoms with Crippen LogP contribution in [-0.4, -0.2) is 18.2 Å². The maximum atomic E-state index is 10.5. The Balaban J connectivity index is 2.21. The Bertz CT molecular complexity index is 276. The summed E-state index contributed by atoms with van der Waals surface area (Å²) in [5, 5.41) is 13.7. The molecule has 2 rings (SSSR count). The molecule has 1 fully saturated rings. The van der Waals surface area contributed by atoms with E-state index in [4.69, 9.17) is 0 Å². The molecule has 0 aromatic heterocycles. The number of β-amino-alcohol motifs (C(OH)–C–C–N with tert-alkyl or cyclic N) is 1. The molecule has 1 heterocycles. The molecule has 0 amide bonds. The van der Waals surface area contributed by atoms with E-state index in [1.54, 1.807) is 0 Å². The lowest BCUT2D eigenvalue weighted by molar-refractivity contribution is 0.0327. The van der Waals surface area contributed by atoms with Gasteiger partial charge in [0.05, 0.1) is 0 Å². The Morgan fingerprint density at radius 1 is 1.14 bits per heavy atom. The van der Waals surface area contributed by atoms with E-state index < -0.39 is 5.60 Å². The second kappa shape index (κ2) is 4.11. The van der Waals surface area contributed by atoms with Gasteiger partial charge in [-0.2, -0.15) is 0 Å². The van der Waals surface area contributed by atoms with Gasteiger partial charge in [0, 0.05) is 6.54 Å². The van der Waals surface area contributed by atoms with E-state index >= 15 is 0 Å². The average molecular weight is 191 g/mol. The summed E-state index contributed by atoms with van der Waals surface area (Å²) in [6.07, 6.45) is 3.12. The standard InChI is InChI=1S/C12H17NO/c14-12(8-4-5-9-13-10-12)11-6-2-1-3-7-11/h1-3,6-7,13-14H,4-5,8-10H2/t12-/m1/s1. The van der Waals surface area contributed by atoms with Crippen molar-refractivity contribution in [1.29, 1.82) is 0 Å². The summed E-state index contributed by atoms with van der Waals surface area (Å²) < 4.78 is 0. The number of hydrogen-bond acceptors (Lipinski definition) is 2. The minimum atomic E-state index is -0.655. The van der Waals surface area contributed by atoms with Crippen molar-refractivity contribution in [2.45, 2.75) is 24.9 Å². The monoisotopic (exact) mass is 191 g/mol. The molecule has 0 aliphatic carbocycles. The van der Waals surface area contributed by atoms with Crippen molar-refractivity contribution in [2.24, 2.45) is 0 Å². The Hall–Kier alpha value is -0.860. The molecule has 1 saturated heterocycles. The normalized spacial score (nSPS) is 28.4. The van der Waals surface area contributed by atoms with Crippen molar-refractivity contribution in [3.05, 3.63) is 35.9 Å². The third-order valence-electron chi connectivity index (χ3n) is 2.92. The van der Waals surface area contributed by atoms with Gasteiger partial charge in [-0.25, -0.2) is 0 Å². The van der Waals surface area contributed by atoms with E-state index in [1.807, 2.05) is 30.3 Å². The van der Waals surface area contributed by atoms with Gasteiger partial charge in [0.25, 0.3) is 0 Å². The third-order valence-corrected chi connectivity index (χ3v) is 2.92. The number of nitrogens with one attached hydrogen (secondary N) is 1. The fourth-order valence-corrected chi connectivity index (χ4v) is 2.05. The molecule has 1 aromatic rings. The van der Waals surface area contributed by atoms with E-state index in [-0.39, 0.29) is 0 Å². The summed E-state index contributed by atoms with van der Waals surface area (Å²) in [6.45, 7) is 1.70. The van der Waals surface area contributed by atoms with E-state index in [0.717, 1.165) is 31.4 Å².